The molecule has 5 nitrogen and oxygen atoms in total. The third kappa shape index (κ3) is 2.64. The minimum Gasteiger partial charge on any atom is -1.00 e. The predicted molar refractivity (Wildman–Crippen MR) is 73.4 cm³/mol. The van der Waals surface area contributed by atoms with Crippen molar-refractivity contribution in [1.82, 2.24) is 14.6 Å². The SMILES string of the molecule is O=S(=O)(c1cccc2ncccc12)N1CCNCC1.[Cl-]. The molecule has 1 aliphatic rings. The van der Waals surface area contributed by atoms with Crippen LogP contribution in [0.1, 0.15) is 0 Å². The van der Waals surface area contributed by atoms with Crippen molar-refractivity contribution < 1.29 is 20.8 Å². The maximum absolute atomic E-state index is 12.7. The highest BCUT2D eigenvalue weighted by atomic mass is 35.5. The molecule has 1 saturated heterocycles. The van der Waals surface area contributed by atoms with Crippen LogP contribution in [-0.4, -0.2) is 43.9 Å². The second-order valence-corrected chi connectivity index (χ2v) is 6.39. The lowest BCUT2D eigenvalue weighted by molar-refractivity contribution is -0.00000644. The van der Waals surface area contributed by atoms with E-state index in [1.807, 2.05) is 6.07 Å². The summed E-state index contributed by atoms with van der Waals surface area (Å²) < 4.78 is 26.9. The first-order valence-electron chi connectivity index (χ1n) is 6.24. The fourth-order valence-electron chi connectivity index (χ4n) is 2.32. The molecule has 2 aromatic rings. The average molecular weight is 313 g/mol. The van der Waals surface area contributed by atoms with Crippen molar-refractivity contribution in [2.24, 2.45) is 0 Å². The summed E-state index contributed by atoms with van der Waals surface area (Å²) in [5.41, 5.74) is 0.707. The van der Waals surface area contributed by atoms with Gasteiger partial charge in [-0.05, 0) is 24.3 Å². The average Bonchev–Trinajstić information content (AvgIpc) is 2.47. The van der Waals surface area contributed by atoms with E-state index >= 15 is 0 Å². The van der Waals surface area contributed by atoms with Crippen LogP contribution in [0.25, 0.3) is 10.9 Å². The highest BCUT2D eigenvalue weighted by molar-refractivity contribution is 7.89. The molecule has 0 bridgehead atoms. The van der Waals surface area contributed by atoms with E-state index in [0.29, 0.717) is 42.0 Å². The van der Waals surface area contributed by atoms with Gasteiger partial charge in [-0.2, -0.15) is 4.31 Å². The summed E-state index contributed by atoms with van der Waals surface area (Å²) in [5.74, 6) is 0. The molecule has 1 aromatic heterocycles. The highest BCUT2D eigenvalue weighted by Crippen LogP contribution is 2.24. The number of halogens is 1. The maximum Gasteiger partial charge on any atom is 0.243 e. The lowest BCUT2D eigenvalue weighted by Crippen LogP contribution is -3.00. The zero-order valence-electron chi connectivity index (χ0n) is 10.8. The van der Waals surface area contributed by atoms with Gasteiger partial charge in [-0.1, -0.05) is 6.07 Å². The number of hydrogen-bond donors (Lipinski definition) is 1. The van der Waals surface area contributed by atoms with Crippen molar-refractivity contribution in [3.8, 4) is 0 Å². The molecule has 2 heterocycles. The highest BCUT2D eigenvalue weighted by Gasteiger charge is 2.27. The fraction of sp³-hybridized carbons (Fsp3) is 0.308. The number of nitrogens with zero attached hydrogens (tertiary/aromatic N) is 2. The van der Waals surface area contributed by atoms with E-state index in [2.05, 4.69) is 10.3 Å². The second-order valence-electron chi connectivity index (χ2n) is 4.48. The Kier molecular flexibility index (Phi) is 4.59. The van der Waals surface area contributed by atoms with Crippen LogP contribution < -0.4 is 17.7 Å². The number of hydrogen-bond acceptors (Lipinski definition) is 4. The molecule has 1 N–H and O–H groups in total. The summed E-state index contributed by atoms with van der Waals surface area (Å²) in [5, 5.41) is 3.84. The first-order valence-corrected chi connectivity index (χ1v) is 7.68. The minimum atomic E-state index is -3.44. The van der Waals surface area contributed by atoms with Gasteiger partial charge in [0.2, 0.25) is 10.0 Å². The Bertz CT molecular complexity index is 694. The normalized spacial score (nSPS) is 16.8. The van der Waals surface area contributed by atoms with Gasteiger partial charge in [-0.3, -0.25) is 4.98 Å². The molecule has 1 fully saturated rings. The number of nitrogens with one attached hydrogen (secondary N) is 1. The zero-order valence-corrected chi connectivity index (χ0v) is 12.4. The molecule has 7 heteroatoms. The molecule has 3 rings (SSSR count). The van der Waals surface area contributed by atoms with Gasteiger partial charge in [0.05, 0.1) is 10.4 Å². The molecule has 1 aliphatic heterocycles. The van der Waals surface area contributed by atoms with Crippen LogP contribution in [0.2, 0.25) is 0 Å². The van der Waals surface area contributed by atoms with Crippen molar-refractivity contribution in [1.29, 1.82) is 0 Å². The monoisotopic (exact) mass is 312 g/mol. The largest absolute Gasteiger partial charge is 1.00 e. The summed E-state index contributed by atoms with van der Waals surface area (Å²) in [6, 6.07) is 8.79. The number of pyridine rings is 1. The van der Waals surface area contributed by atoms with Crippen molar-refractivity contribution in [2.75, 3.05) is 26.2 Å². The molecule has 0 spiro atoms. The molecule has 20 heavy (non-hydrogen) atoms. The van der Waals surface area contributed by atoms with E-state index in [1.54, 1.807) is 30.5 Å². The standard InChI is InChI=1S/C13H15N3O2S.ClH/c17-19(18,16-9-7-14-8-10-16)13-5-1-4-12-11(13)3-2-6-15-12;/h1-6,14H,7-10H2;1H/p-1. The summed E-state index contributed by atoms with van der Waals surface area (Å²) in [7, 11) is -3.44. The van der Waals surface area contributed by atoms with E-state index in [1.165, 1.54) is 4.31 Å². The lowest BCUT2D eigenvalue weighted by atomic mass is 10.2. The second kappa shape index (κ2) is 6.05. The summed E-state index contributed by atoms with van der Waals surface area (Å²) in [4.78, 5) is 4.55. The zero-order chi connectivity index (χ0) is 13.3. The number of benzene rings is 1. The van der Waals surface area contributed by atoms with Crippen LogP contribution in [0.4, 0.5) is 0 Å². The Hall–Kier alpha value is -1.21. The van der Waals surface area contributed by atoms with Gasteiger partial charge in [0.1, 0.15) is 0 Å². The van der Waals surface area contributed by atoms with Gasteiger partial charge < -0.3 is 17.7 Å². The van der Waals surface area contributed by atoms with E-state index in [9.17, 15) is 8.42 Å². The smallest absolute Gasteiger partial charge is 0.243 e. The maximum atomic E-state index is 12.7. The first-order chi connectivity index (χ1) is 9.19. The lowest BCUT2D eigenvalue weighted by Gasteiger charge is -2.27. The number of fused-ring (bicyclic) bond motifs is 1. The van der Waals surface area contributed by atoms with Crippen molar-refractivity contribution in [3.63, 3.8) is 0 Å². The Balaban J connectivity index is 0.00000147. The molecule has 0 radical (unpaired) electrons. The summed E-state index contributed by atoms with van der Waals surface area (Å²) in [6.07, 6.45) is 1.67. The Labute approximate surface area is 124 Å². The van der Waals surface area contributed by atoms with Crippen LogP contribution in [-0.2, 0) is 10.0 Å². The van der Waals surface area contributed by atoms with Crippen LogP contribution in [0.15, 0.2) is 41.4 Å². The number of aromatic nitrogens is 1. The summed E-state index contributed by atoms with van der Waals surface area (Å²) in [6.45, 7) is 2.42. The van der Waals surface area contributed by atoms with E-state index in [4.69, 9.17) is 0 Å². The molecule has 0 aliphatic carbocycles. The van der Waals surface area contributed by atoms with Crippen molar-refractivity contribution in [3.05, 3.63) is 36.5 Å². The van der Waals surface area contributed by atoms with E-state index < -0.39 is 10.0 Å². The third-order valence-corrected chi connectivity index (χ3v) is 5.26. The third-order valence-electron chi connectivity index (χ3n) is 3.30. The predicted octanol–water partition coefficient (Wildman–Crippen LogP) is -2.17. The molecule has 0 unspecified atom stereocenters. The van der Waals surface area contributed by atoms with Crippen LogP contribution in [0.5, 0.6) is 0 Å². The number of piperazine rings is 1. The molecule has 0 saturated carbocycles. The number of rotatable bonds is 2. The van der Waals surface area contributed by atoms with Crippen LogP contribution in [0, 0.1) is 0 Å². The van der Waals surface area contributed by atoms with Gasteiger partial charge in [-0.15, -0.1) is 0 Å². The van der Waals surface area contributed by atoms with Gasteiger partial charge in [0.25, 0.3) is 0 Å². The first kappa shape index (κ1) is 15.2. The van der Waals surface area contributed by atoms with E-state index in [-0.39, 0.29) is 12.4 Å². The van der Waals surface area contributed by atoms with Crippen LogP contribution in [0.3, 0.4) is 0 Å². The molecular formula is C13H15ClN3O2S-. The molecular weight excluding hydrogens is 298 g/mol. The quantitative estimate of drug-likeness (QED) is 0.686. The Morgan fingerprint density at radius 1 is 1.10 bits per heavy atom. The Morgan fingerprint density at radius 3 is 2.60 bits per heavy atom. The molecule has 0 amide bonds. The van der Waals surface area contributed by atoms with Gasteiger partial charge >= 0.3 is 0 Å². The fourth-order valence-corrected chi connectivity index (χ4v) is 3.97. The Morgan fingerprint density at radius 2 is 1.85 bits per heavy atom. The van der Waals surface area contributed by atoms with E-state index in [0.717, 1.165) is 0 Å². The summed E-state index contributed by atoms with van der Waals surface area (Å²) >= 11 is 0. The van der Waals surface area contributed by atoms with Gasteiger partial charge in [-0.25, -0.2) is 8.42 Å². The topological polar surface area (TPSA) is 62.3 Å². The minimum absolute atomic E-state index is 0. The molecule has 0 atom stereocenters. The van der Waals surface area contributed by atoms with Gasteiger partial charge in [0, 0.05) is 37.8 Å². The molecule has 1 aromatic carbocycles. The number of sulfonamides is 1. The van der Waals surface area contributed by atoms with Crippen LogP contribution >= 0.6 is 0 Å². The van der Waals surface area contributed by atoms with Gasteiger partial charge in [0.15, 0.2) is 0 Å². The molecule has 108 valence electrons. The van der Waals surface area contributed by atoms with Crippen molar-refractivity contribution in [2.45, 2.75) is 4.90 Å². The van der Waals surface area contributed by atoms with Crippen molar-refractivity contribution >= 4 is 20.9 Å².